The number of carbonyl (C=O) groups is 1. The van der Waals surface area contributed by atoms with Crippen molar-refractivity contribution in [2.24, 2.45) is 5.92 Å². The average Bonchev–Trinajstić information content (AvgIpc) is 3.03. The van der Waals surface area contributed by atoms with Crippen LogP contribution in [0.1, 0.15) is 16.9 Å². The number of nitrogens with two attached hydrogens (primary N) is 1. The predicted octanol–water partition coefficient (Wildman–Crippen LogP) is 2.31. The Kier molecular flexibility index (Phi) is 4.58. The van der Waals surface area contributed by atoms with Crippen molar-refractivity contribution in [3.8, 4) is 0 Å². The standard InChI is InChI=1S/C16H18N4OS/c17-15-14(18-7-8-19-15)16(21)20-9-6-12(10-20)11-22-13-4-2-1-3-5-13/h1-5,7-8,12H,6,9-11H2,(H2,17,19). The number of carbonyl (C=O) groups excluding carboxylic acids is 1. The molecule has 2 aromatic rings. The zero-order chi connectivity index (χ0) is 15.4. The third kappa shape index (κ3) is 3.39. The van der Waals surface area contributed by atoms with Crippen LogP contribution in [0.2, 0.25) is 0 Å². The van der Waals surface area contributed by atoms with Gasteiger partial charge >= 0.3 is 0 Å². The molecule has 1 amide bonds. The van der Waals surface area contributed by atoms with Crippen LogP contribution in [0.3, 0.4) is 0 Å². The summed E-state index contributed by atoms with van der Waals surface area (Å²) in [7, 11) is 0. The minimum atomic E-state index is -0.113. The molecular formula is C16H18N4OS. The largest absolute Gasteiger partial charge is 0.382 e. The summed E-state index contributed by atoms with van der Waals surface area (Å²) in [6.07, 6.45) is 4.02. The molecule has 22 heavy (non-hydrogen) atoms. The highest BCUT2D eigenvalue weighted by molar-refractivity contribution is 7.99. The van der Waals surface area contributed by atoms with Crippen molar-refractivity contribution < 1.29 is 4.79 Å². The van der Waals surface area contributed by atoms with E-state index in [4.69, 9.17) is 5.73 Å². The molecule has 1 atom stereocenters. The highest BCUT2D eigenvalue weighted by Crippen LogP contribution is 2.26. The fourth-order valence-electron chi connectivity index (χ4n) is 2.55. The van der Waals surface area contributed by atoms with E-state index in [0.717, 1.165) is 25.3 Å². The van der Waals surface area contributed by atoms with E-state index in [2.05, 4.69) is 22.1 Å². The van der Waals surface area contributed by atoms with Gasteiger partial charge in [-0.25, -0.2) is 9.97 Å². The number of anilines is 1. The molecule has 1 unspecified atom stereocenters. The number of nitrogen functional groups attached to an aromatic ring is 1. The van der Waals surface area contributed by atoms with E-state index in [1.165, 1.54) is 17.3 Å². The van der Waals surface area contributed by atoms with Crippen LogP contribution < -0.4 is 5.73 Å². The van der Waals surface area contributed by atoms with Crippen molar-refractivity contribution in [1.29, 1.82) is 0 Å². The Morgan fingerprint density at radius 2 is 2.05 bits per heavy atom. The molecule has 0 bridgehead atoms. The molecule has 2 N–H and O–H groups in total. The normalized spacial score (nSPS) is 17.6. The minimum absolute atomic E-state index is 0.113. The van der Waals surface area contributed by atoms with Crippen molar-refractivity contribution in [2.75, 3.05) is 24.6 Å². The van der Waals surface area contributed by atoms with Gasteiger partial charge in [0.15, 0.2) is 11.5 Å². The number of amides is 1. The van der Waals surface area contributed by atoms with Crippen LogP contribution in [-0.4, -0.2) is 39.6 Å². The van der Waals surface area contributed by atoms with Crippen LogP contribution in [0.15, 0.2) is 47.6 Å². The summed E-state index contributed by atoms with van der Waals surface area (Å²) in [5.41, 5.74) is 6.00. The number of hydrogen-bond donors (Lipinski definition) is 1. The molecule has 1 aliphatic heterocycles. The molecule has 1 aliphatic rings. The minimum Gasteiger partial charge on any atom is -0.382 e. The molecule has 6 heteroatoms. The Hall–Kier alpha value is -2.08. The van der Waals surface area contributed by atoms with Gasteiger partial charge in [0, 0.05) is 36.1 Å². The molecule has 3 rings (SSSR count). The Morgan fingerprint density at radius 1 is 1.27 bits per heavy atom. The Labute approximate surface area is 133 Å². The quantitative estimate of drug-likeness (QED) is 0.877. The summed E-state index contributed by atoms with van der Waals surface area (Å²) in [5.74, 6) is 1.61. The van der Waals surface area contributed by atoms with Gasteiger partial charge in [-0.1, -0.05) is 18.2 Å². The smallest absolute Gasteiger partial charge is 0.276 e. The van der Waals surface area contributed by atoms with Gasteiger partial charge in [-0.3, -0.25) is 4.79 Å². The van der Waals surface area contributed by atoms with Gasteiger partial charge in [-0.15, -0.1) is 11.8 Å². The first-order valence-corrected chi connectivity index (χ1v) is 8.26. The van der Waals surface area contributed by atoms with Crippen molar-refractivity contribution in [3.05, 3.63) is 48.4 Å². The zero-order valence-electron chi connectivity index (χ0n) is 12.2. The summed E-state index contributed by atoms with van der Waals surface area (Å²) < 4.78 is 0. The Balaban J connectivity index is 1.56. The van der Waals surface area contributed by atoms with Gasteiger partial charge < -0.3 is 10.6 Å². The van der Waals surface area contributed by atoms with Crippen LogP contribution in [-0.2, 0) is 0 Å². The third-order valence-corrected chi connectivity index (χ3v) is 4.97. The molecular weight excluding hydrogens is 296 g/mol. The van der Waals surface area contributed by atoms with Gasteiger partial charge in [-0.2, -0.15) is 0 Å². The summed E-state index contributed by atoms with van der Waals surface area (Å²) in [5, 5.41) is 0. The van der Waals surface area contributed by atoms with Crippen molar-refractivity contribution in [1.82, 2.24) is 14.9 Å². The van der Waals surface area contributed by atoms with Crippen molar-refractivity contribution in [3.63, 3.8) is 0 Å². The van der Waals surface area contributed by atoms with Gasteiger partial charge in [0.05, 0.1) is 0 Å². The second-order valence-corrected chi connectivity index (χ2v) is 6.41. The summed E-state index contributed by atoms with van der Waals surface area (Å²) in [6.45, 7) is 1.52. The van der Waals surface area contributed by atoms with E-state index in [-0.39, 0.29) is 17.4 Å². The lowest BCUT2D eigenvalue weighted by Gasteiger charge is -2.16. The summed E-state index contributed by atoms with van der Waals surface area (Å²) in [4.78, 5) is 23.5. The topological polar surface area (TPSA) is 72.1 Å². The fourth-order valence-corrected chi connectivity index (χ4v) is 3.60. The summed E-state index contributed by atoms with van der Waals surface area (Å²) >= 11 is 1.84. The van der Waals surface area contributed by atoms with Gasteiger partial charge in [-0.05, 0) is 24.5 Å². The number of aromatic nitrogens is 2. The number of hydrogen-bond acceptors (Lipinski definition) is 5. The molecule has 0 spiro atoms. The highest BCUT2D eigenvalue weighted by atomic mass is 32.2. The number of thioether (sulfide) groups is 1. The lowest BCUT2D eigenvalue weighted by atomic mass is 10.2. The molecule has 5 nitrogen and oxygen atoms in total. The molecule has 0 radical (unpaired) electrons. The van der Waals surface area contributed by atoms with Crippen LogP contribution in [0.5, 0.6) is 0 Å². The number of rotatable bonds is 4. The van der Waals surface area contributed by atoms with Crippen LogP contribution >= 0.6 is 11.8 Å². The Bertz CT molecular complexity index is 650. The maximum Gasteiger partial charge on any atom is 0.276 e. The van der Waals surface area contributed by atoms with Crippen LogP contribution in [0.4, 0.5) is 5.82 Å². The lowest BCUT2D eigenvalue weighted by molar-refractivity contribution is 0.0783. The molecule has 0 aliphatic carbocycles. The Morgan fingerprint density at radius 3 is 2.82 bits per heavy atom. The van der Waals surface area contributed by atoms with E-state index in [0.29, 0.717) is 5.92 Å². The molecule has 2 heterocycles. The van der Waals surface area contributed by atoms with Gasteiger partial charge in [0.2, 0.25) is 0 Å². The van der Waals surface area contributed by atoms with Crippen molar-refractivity contribution in [2.45, 2.75) is 11.3 Å². The van der Waals surface area contributed by atoms with Crippen LogP contribution in [0.25, 0.3) is 0 Å². The first-order valence-electron chi connectivity index (χ1n) is 7.27. The van der Waals surface area contributed by atoms with Crippen LogP contribution in [0, 0.1) is 5.92 Å². The van der Waals surface area contributed by atoms with E-state index in [1.807, 2.05) is 34.9 Å². The van der Waals surface area contributed by atoms with Gasteiger partial charge in [0.1, 0.15) is 0 Å². The predicted molar refractivity (Wildman–Crippen MR) is 87.6 cm³/mol. The second-order valence-electron chi connectivity index (χ2n) is 5.32. The molecule has 1 aromatic heterocycles. The molecule has 1 fully saturated rings. The molecule has 1 saturated heterocycles. The summed E-state index contributed by atoms with van der Waals surface area (Å²) in [6, 6.07) is 10.3. The molecule has 0 saturated carbocycles. The van der Waals surface area contributed by atoms with E-state index in [1.54, 1.807) is 0 Å². The van der Waals surface area contributed by atoms with Crippen molar-refractivity contribution >= 4 is 23.5 Å². The monoisotopic (exact) mass is 314 g/mol. The lowest BCUT2D eigenvalue weighted by Crippen LogP contribution is -2.30. The molecule has 1 aromatic carbocycles. The maximum absolute atomic E-state index is 12.4. The fraction of sp³-hybridized carbons (Fsp3) is 0.312. The van der Waals surface area contributed by atoms with E-state index in [9.17, 15) is 4.79 Å². The number of nitrogens with zero attached hydrogens (tertiary/aromatic N) is 3. The molecule has 114 valence electrons. The first-order chi connectivity index (χ1) is 10.7. The van der Waals surface area contributed by atoms with E-state index < -0.39 is 0 Å². The second kappa shape index (κ2) is 6.79. The number of likely N-dealkylation sites (tertiary alicyclic amines) is 1. The third-order valence-electron chi connectivity index (χ3n) is 3.73. The first kappa shape index (κ1) is 14.8. The van der Waals surface area contributed by atoms with E-state index >= 15 is 0 Å². The highest BCUT2D eigenvalue weighted by Gasteiger charge is 2.28. The maximum atomic E-state index is 12.4. The SMILES string of the molecule is Nc1nccnc1C(=O)N1CCC(CSc2ccccc2)C1. The van der Waals surface area contributed by atoms with Gasteiger partial charge in [0.25, 0.3) is 5.91 Å². The zero-order valence-corrected chi connectivity index (χ0v) is 13.0. The number of benzene rings is 1. The average molecular weight is 314 g/mol.